The number of rotatable bonds is 7. The Kier molecular flexibility index (Phi) is 7.13. The lowest BCUT2D eigenvalue weighted by Gasteiger charge is -2.31. The Bertz CT molecular complexity index is 1010. The van der Waals surface area contributed by atoms with Crippen LogP contribution in [-0.2, 0) is 11.2 Å². The van der Waals surface area contributed by atoms with Crippen LogP contribution in [0.25, 0.3) is 0 Å². The predicted octanol–water partition coefficient (Wildman–Crippen LogP) is 4.19. The van der Waals surface area contributed by atoms with E-state index in [9.17, 15) is 9.59 Å². The third-order valence-electron chi connectivity index (χ3n) is 5.08. The standard InChI is InChI=1S/C21H22BrCl2N5O2/c1-21(12-13-3-5-14(22)6-4-13)18(30)29(17-10-15(23)9-16(24)11-17)20(31)28(21)8-2-7-27-19(25)26/h3-6,9-11H,2,7-8,12H2,1H3,(H4,25,26,27). The Morgan fingerprint density at radius 2 is 1.71 bits per heavy atom. The van der Waals surface area contributed by atoms with Crippen molar-refractivity contribution in [3.8, 4) is 0 Å². The number of nitrogens with two attached hydrogens (primary N) is 2. The first-order valence-electron chi connectivity index (χ1n) is 9.54. The molecule has 3 rings (SSSR count). The van der Waals surface area contributed by atoms with E-state index < -0.39 is 11.6 Å². The fraction of sp³-hybridized carbons (Fsp3) is 0.286. The summed E-state index contributed by atoms with van der Waals surface area (Å²) in [7, 11) is 0. The van der Waals surface area contributed by atoms with E-state index >= 15 is 0 Å². The van der Waals surface area contributed by atoms with Gasteiger partial charge in [-0.2, -0.15) is 0 Å². The van der Waals surface area contributed by atoms with Crippen molar-refractivity contribution in [2.24, 2.45) is 16.5 Å². The maximum Gasteiger partial charge on any atom is 0.332 e. The van der Waals surface area contributed by atoms with Crippen LogP contribution in [0.5, 0.6) is 0 Å². The summed E-state index contributed by atoms with van der Waals surface area (Å²) in [5.41, 5.74) is 10.9. The van der Waals surface area contributed by atoms with E-state index in [1.807, 2.05) is 24.3 Å². The molecule has 0 aliphatic carbocycles. The molecule has 2 aromatic carbocycles. The highest BCUT2D eigenvalue weighted by Crippen LogP contribution is 2.37. The van der Waals surface area contributed by atoms with Crippen molar-refractivity contribution in [1.29, 1.82) is 0 Å². The average molecular weight is 527 g/mol. The number of hydrogen-bond donors (Lipinski definition) is 2. The van der Waals surface area contributed by atoms with Crippen LogP contribution in [0.3, 0.4) is 0 Å². The van der Waals surface area contributed by atoms with Gasteiger partial charge in [-0.25, -0.2) is 9.69 Å². The van der Waals surface area contributed by atoms with Crippen molar-refractivity contribution in [3.63, 3.8) is 0 Å². The predicted molar refractivity (Wildman–Crippen MR) is 128 cm³/mol. The van der Waals surface area contributed by atoms with Crippen LogP contribution < -0.4 is 16.4 Å². The van der Waals surface area contributed by atoms with Gasteiger partial charge in [0.1, 0.15) is 5.54 Å². The molecule has 1 fully saturated rings. The number of anilines is 1. The van der Waals surface area contributed by atoms with E-state index in [1.165, 1.54) is 0 Å². The Morgan fingerprint density at radius 1 is 1.10 bits per heavy atom. The van der Waals surface area contributed by atoms with Gasteiger partial charge in [0.25, 0.3) is 5.91 Å². The number of aliphatic imine (C=N–C) groups is 1. The zero-order valence-electron chi connectivity index (χ0n) is 16.8. The number of halogens is 3. The molecule has 3 amide bonds. The quantitative estimate of drug-likeness (QED) is 0.244. The molecule has 1 heterocycles. The van der Waals surface area contributed by atoms with Crippen LogP contribution in [0.4, 0.5) is 10.5 Å². The smallest absolute Gasteiger partial charge is 0.332 e. The molecule has 0 aromatic heterocycles. The second-order valence-corrected chi connectivity index (χ2v) is 9.23. The van der Waals surface area contributed by atoms with Crippen molar-refractivity contribution < 1.29 is 9.59 Å². The molecule has 1 aliphatic rings. The lowest BCUT2D eigenvalue weighted by atomic mass is 9.91. The third kappa shape index (κ3) is 5.14. The van der Waals surface area contributed by atoms with Gasteiger partial charge >= 0.3 is 6.03 Å². The van der Waals surface area contributed by atoms with Crippen LogP contribution in [0, 0.1) is 0 Å². The maximum absolute atomic E-state index is 13.6. The topological polar surface area (TPSA) is 105 Å². The molecule has 0 radical (unpaired) electrons. The van der Waals surface area contributed by atoms with Crippen LogP contribution >= 0.6 is 39.1 Å². The lowest BCUT2D eigenvalue weighted by molar-refractivity contribution is -0.124. The summed E-state index contributed by atoms with van der Waals surface area (Å²) in [5, 5.41) is 0.674. The summed E-state index contributed by atoms with van der Waals surface area (Å²) in [6.07, 6.45) is 0.842. The number of carbonyl (C=O) groups is 2. The number of guanidine groups is 1. The van der Waals surface area contributed by atoms with Crippen LogP contribution in [0.2, 0.25) is 10.0 Å². The largest absolute Gasteiger partial charge is 0.370 e. The molecule has 4 N–H and O–H groups in total. The molecule has 1 atom stereocenters. The van der Waals surface area contributed by atoms with Gasteiger partial charge in [0.05, 0.1) is 5.69 Å². The fourth-order valence-electron chi connectivity index (χ4n) is 3.62. The highest BCUT2D eigenvalue weighted by Gasteiger charge is 2.54. The first-order chi connectivity index (χ1) is 14.6. The van der Waals surface area contributed by atoms with Gasteiger partial charge in [-0.3, -0.25) is 9.79 Å². The molecule has 7 nitrogen and oxygen atoms in total. The minimum absolute atomic E-state index is 0.0170. The summed E-state index contributed by atoms with van der Waals surface area (Å²) >= 11 is 15.7. The maximum atomic E-state index is 13.6. The van der Waals surface area contributed by atoms with Crippen molar-refractivity contribution in [2.75, 3.05) is 18.0 Å². The van der Waals surface area contributed by atoms with E-state index in [4.69, 9.17) is 34.7 Å². The van der Waals surface area contributed by atoms with E-state index in [1.54, 1.807) is 30.0 Å². The number of carbonyl (C=O) groups excluding carboxylic acids is 2. The van der Waals surface area contributed by atoms with Gasteiger partial charge < -0.3 is 16.4 Å². The number of benzene rings is 2. The molecule has 164 valence electrons. The van der Waals surface area contributed by atoms with Crippen LogP contribution in [-0.4, -0.2) is 41.4 Å². The molecule has 1 saturated heterocycles. The Labute approximate surface area is 199 Å². The molecular weight excluding hydrogens is 505 g/mol. The highest BCUT2D eigenvalue weighted by atomic mass is 79.9. The lowest BCUT2D eigenvalue weighted by Crippen LogP contribution is -2.49. The van der Waals surface area contributed by atoms with Crippen molar-refractivity contribution in [1.82, 2.24) is 4.90 Å². The van der Waals surface area contributed by atoms with Gasteiger partial charge in [-0.15, -0.1) is 0 Å². The Balaban J connectivity index is 1.97. The summed E-state index contributed by atoms with van der Waals surface area (Å²) in [6.45, 7) is 2.42. The third-order valence-corrected chi connectivity index (χ3v) is 6.05. The van der Waals surface area contributed by atoms with Crippen LogP contribution in [0.15, 0.2) is 51.9 Å². The van der Waals surface area contributed by atoms with Crippen molar-refractivity contribution in [2.45, 2.75) is 25.3 Å². The second-order valence-electron chi connectivity index (χ2n) is 7.44. The van der Waals surface area contributed by atoms with E-state index in [0.717, 1.165) is 14.9 Å². The number of hydrogen-bond acceptors (Lipinski definition) is 3. The summed E-state index contributed by atoms with van der Waals surface area (Å²) in [4.78, 5) is 33.6. The zero-order chi connectivity index (χ0) is 22.8. The van der Waals surface area contributed by atoms with Crippen LogP contribution in [0.1, 0.15) is 18.9 Å². The summed E-state index contributed by atoms with van der Waals surface area (Å²) in [5.74, 6) is -0.364. The normalized spacial score (nSPS) is 18.6. The van der Waals surface area contributed by atoms with E-state index in [-0.39, 0.29) is 11.9 Å². The molecule has 1 unspecified atom stereocenters. The fourth-order valence-corrected chi connectivity index (χ4v) is 4.40. The van der Waals surface area contributed by atoms with Gasteiger partial charge in [-0.05, 0) is 49.2 Å². The second kappa shape index (κ2) is 9.46. The van der Waals surface area contributed by atoms with Gasteiger partial charge in [0.2, 0.25) is 0 Å². The Hall–Kier alpha value is -2.29. The first-order valence-corrected chi connectivity index (χ1v) is 11.1. The highest BCUT2D eigenvalue weighted by molar-refractivity contribution is 9.10. The zero-order valence-corrected chi connectivity index (χ0v) is 19.9. The van der Waals surface area contributed by atoms with E-state index in [0.29, 0.717) is 41.7 Å². The number of urea groups is 1. The van der Waals surface area contributed by atoms with E-state index in [2.05, 4.69) is 20.9 Å². The minimum atomic E-state index is -1.10. The van der Waals surface area contributed by atoms with Crippen molar-refractivity contribution >= 4 is 62.7 Å². The first kappa shape index (κ1) is 23.4. The summed E-state index contributed by atoms with van der Waals surface area (Å²) < 4.78 is 0.930. The average Bonchev–Trinajstić information content (AvgIpc) is 2.86. The van der Waals surface area contributed by atoms with Gasteiger partial charge in [0.15, 0.2) is 5.96 Å². The Morgan fingerprint density at radius 3 is 2.29 bits per heavy atom. The molecule has 10 heteroatoms. The molecular formula is C21H22BrCl2N5O2. The number of imide groups is 1. The molecule has 31 heavy (non-hydrogen) atoms. The molecule has 2 aromatic rings. The minimum Gasteiger partial charge on any atom is -0.370 e. The molecule has 0 saturated carbocycles. The molecule has 0 spiro atoms. The molecule has 0 bridgehead atoms. The van der Waals surface area contributed by atoms with Gasteiger partial charge in [-0.1, -0.05) is 51.3 Å². The van der Waals surface area contributed by atoms with Crippen molar-refractivity contribution in [3.05, 3.63) is 62.5 Å². The number of amides is 3. The van der Waals surface area contributed by atoms with Gasteiger partial charge in [0, 0.05) is 34.0 Å². The SMILES string of the molecule is CC1(Cc2ccc(Br)cc2)C(=O)N(c2cc(Cl)cc(Cl)c2)C(=O)N1CCCN=C(N)N. The molecule has 1 aliphatic heterocycles. The number of nitrogens with zero attached hydrogens (tertiary/aromatic N) is 3. The summed E-state index contributed by atoms with van der Waals surface area (Å²) in [6, 6.07) is 11.8. The monoisotopic (exact) mass is 525 g/mol.